The van der Waals surface area contributed by atoms with Crippen molar-refractivity contribution in [3.8, 4) is 5.75 Å². The first-order valence-electron chi connectivity index (χ1n) is 9.25. The molecule has 1 aromatic rings. The van der Waals surface area contributed by atoms with E-state index in [2.05, 4.69) is 6.92 Å². The van der Waals surface area contributed by atoms with Crippen LogP contribution in [0.5, 0.6) is 5.75 Å². The van der Waals surface area contributed by atoms with Crippen molar-refractivity contribution in [2.75, 3.05) is 6.61 Å². The first-order chi connectivity index (χ1) is 11.2. The van der Waals surface area contributed by atoms with Crippen LogP contribution in [0.25, 0.3) is 0 Å². The molecule has 1 aliphatic carbocycles. The lowest BCUT2D eigenvalue weighted by atomic mass is 9.78. The van der Waals surface area contributed by atoms with E-state index in [1.165, 1.54) is 38.5 Å². The number of hydrogen-bond donors (Lipinski definition) is 0. The van der Waals surface area contributed by atoms with Crippen molar-refractivity contribution in [1.82, 2.24) is 0 Å². The molecule has 0 heterocycles. The summed E-state index contributed by atoms with van der Waals surface area (Å²) < 4.78 is 33.4. The van der Waals surface area contributed by atoms with Crippen molar-refractivity contribution in [2.45, 2.75) is 71.6 Å². The van der Waals surface area contributed by atoms with Crippen LogP contribution in [0, 0.1) is 23.5 Å². The maximum Gasteiger partial charge on any atom is 0.200 e. The van der Waals surface area contributed by atoms with Crippen LogP contribution in [0.2, 0.25) is 0 Å². The average molecular weight is 324 g/mol. The standard InChI is InChI=1S/C20H30F2O/c1-3-5-15-6-8-16(9-7-15)10-11-17-12-13-18(23-14-4-2)20(22)19(17)21/h12-13,15-16H,3-11,14H2,1-2H3. The first-order valence-corrected chi connectivity index (χ1v) is 9.25. The normalized spacial score (nSPS) is 21.4. The van der Waals surface area contributed by atoms with Crippen LogP contribution in [0.1, 0.15) is 70.8 Å². The molecule has 0 radical (unpaired) electrons. The van der Waals surface area contributed by atoms with E-state index in [-0.39, 0.29) is 5.75 Å². The molecule has 23 heavy (non-hydrogen) atoms. The third kappa shape index (κ3) is 5.19. The van der Waals surface area contributed by atoms with Crippen molar-refractivity contribution in [1.29, 1.82) is 0 Å². The predicted octanol–water partition coefficient (Wildman–Crippen LogP) is 6.29. The first kappa shape index (κ1) is 18.2. The zero-order valence-electron chi connectivity index (χ0n) is 14.5. The van der Waals surface area contributed by atoms with E-state index in [1.807, 2.05) is 6.92 Å². The summed E-state index contributed by atoms with van der Waals surface area (Å²) in [4.78, 5) is 0. The van der Waals surface area contributed by atoms with E-state index >= 15 is 0 Å². The largest absolute Gasteiger partial charge is 0.490 e. The van der Waals surface area contributed by atoms with Crippen molar-refractivity contribution in [3.63, 3.8) is 0 Å². The number of hydrogen-bond acceptors (Lipinski definition) is 1. The summed E-state index contributed by atoms with van der Waals surface area (Å²) in [6.45, 7) is 4.60. The fraction of sp³-hybridized carbons (Fsp3) is 0.700. The quantitative estimate of drug-likeness (QED) is 0.546. The van der Waals surface area contributed by atoms with Crippen molar-refractivity contribution < 1.29 is 13.5 Å². The lowest BCUT2D eigenvalue weighted by Gasteiger charge is -2.28. The van der Waals surface area contributed by atoms with Gasteiger partial charge in [-0.3, -0.25) is 0 Å². The van der Waals surface area contributed by atoms with Gasteiger partial charge in [-0.2, -0.15) is 4.39 Å². The maximum absolute atomic E-state index is 14.2. The Morgan fingerprint density at radius 2 is 1.57 bits per heavy atom. The molecule has 0 bridgehead atoms. The van der Waals surface area contributed by atoms with Gasteiger partial charge in [-0.15, -0.1) is 0 Å². The summed E-state index contributed by atoms with van der Waals surface area (Å²) in [5.74, 6) is 0.0380. The second-order valence-electron chi connectivity index (χ2n) is 6.91. The highest BCUT2D eigenvalue weighted by Gasteiger charge is 2.21. The molecule has 130 valence electrons. The van der Waals surface area contributed by atoms with Gasteiger partial charge in [0.2, 0.25) is 5.82 Å². The van der Waals surface area contributed by atoms with Gasteiger partial charge in [-0.25, -0.2) is 4.39 Å². The molecule has 0 spiro atoms. The van der Waals surface area contributed by atoms with Crippen LogP contribution in [-0.2, 0) is 6.42 Å². The van der Waals surface area contributed by atoms with Gasteiger partial charge in [-0.1, -0.05) is 58.4 Å². The lowest BCUT2D eigenvalue weighted by molar-refractivity contribution is 0.251. The van der Waals surface area contributed by atoms with Gasteiger partial charge in [0, 0.05) is 0 Å². The summed E-state index contributed by atoms with van der Waals surface area (Å²) in [5.41, 5.74) is 0.488. The third-order valence-electron chi connectivity index (χ3n) is 5.07. The minimum Gasteiger partial charge on any atom is -0.490 e. The van der Waals surface area contributed by atoms with Crippen LogP contribution in [-0.4, -0.2) is 6.61 Å². The Morgan fingerprint density at radius 1 is 0.913 bits per heavy atom. The van der Waals surface area contributed by atoms with E-state index < -0.39 is 11.6 Å². The Bertz CT molecular complexity index is 479. The number of rotatable bonds is 8. The van der Waals surface area contributed by atoms with Crippen molar-refractivity contribution in [3.05, 3.63) is 29.3 Å². The summed E-state index contributed by atoms with van der Waals surface area (Å²) >= 11 is 0. The second kappa shape index (κ2) is 9.24. The molecule has 1 saturated carbocycles. The number of halogens is 2. The Labute approximate surface area is 139 Å². The Morgan fingerprint density at radius 3 is 2.17 bits per heavy atom. The molecular weight excluding hydrogens is 294 g/mol. The molecular formula is C20H30F2O. The van der Waals surface area contributed by atoms with E-state index in [0.29, 0.717) is 24.5 Å². The van der Waals surface area contributed by atoms with Crippen molar-refractivity contribution in [2.24, 2.45) is 11.8 Å². The van der Waals surface area contributed by atoms with Gasteiger partial charge in [0.1, 0.15) is 0 Å². The molecule has 3 heteroatoms. The Hall–Kier alpha value is -1.12. The zero-order chi connectivity index (χ0) is 16.7. The monoisotopic (exact) mass is 324 g/mol. The Kier molecular flexibility index (Phi) is 7.32. The average Bonchev–Trinajstić information content (AvgIpc) is 2.57. The lowest BCUT2D eigenvalue weighted by Crippen LogP contribution is -2.15. The number of ether oxygens (including phenoxy) is 1. The highest BCUT2D eigenvalue weighted by atomic mass is 19.2. The van der Waals surface area contributed by atoms with E-state index in [9.17, 15) is 8.78 Å². The molecule has 1 aromatic carbocycles. The summed E-state index contributed by atoms with van der Waals surface area (Å²) in [6.07, 6.45) is 10.1. The molecule has 1 fully saturated rings. The van der Waals surface area contributed by atoms with Crippen LogP contribution in [0.15, 0.2) is 12.1 Å². The Balaban J connectivity index is 1.85. The fourth-order valence-electron chi connectivity index (χ4n) is 3.67. The highest BCUT2D eigenvalue weighted by molar-refractivity contribution is 5.31. The minimum atomic E-state index is -0.831. The van der Waals surface area contributed by atoms with Gasteiger partial charge in [0.05, 0.1) is 6.61 Å². The van der Waals surface area contributed by atoms with Gasteiger partial charge in [0.25, 0.3) is 0 Å². The highest BCUT2D eigenvalue weighted by Crippen LogP contribution is 2.34. The zero-order valence-corrected chi connectivity index (χ0v) is 14.5. The van der Waals surface area contributed by atoms with Crippen LogP contribution in [0.4, 0.5) is 8.78 Å². The molecule has 2 rings (SSSR count). The van der Waals surface area contributed by atoms with Gasteiger partial charge in [-0.05, 0) is 42.7 Å². The van der Waals surface area contributed by atoms with Crippen molar-refractivity contribution >= 4 is 0 Å². The fourth-order valence-corrected chi connectivity index (χ4v) is 3.67. The maximum atomic E-state index is 14.2. The molecule has 0 saturated heterocycles. The summed E-state index contributed by atoms with van der Waals surface area (Å²) in [6, 6.07) is 3.26. The third-order valence-corrected chi connectivity index (χ3v) is 5.07. The second-order valence-corrected chi connectivity index (χ2v) is 6.91. The molecule has 1 aliphatic rings. The smallest absolute Gasteiger partial charge is 0.200 e. The topological polar surface area (TPSA) is 9.23 Å². The van der Waals surface area contributed by atoms with Crippen LogP contribution >= 0.6 is 0 Å². The van der Waals surface area contributed by atoms with Crippen LogP contribution < -0.4 is 4.74 Å². The molecule has 0 N–H and O–H groups in total. The summed E-state index contributed by atoms with van der Waals surface area (Å²) in [5, 5.41) is 0. The summed E-state index contributed by atoms with van der Waals surface area (Å²) in [7, 11) is 0. The van der Waals surface area contributed by atoms with Crippen LogP contribution in [0.3, 0.4) is 0 Å². The molecule has 0 unspecified atom stereocenters. The predicted molar refractivity (Wildman–Crippen MR) is 90.8 cm³/mol. The van der Waals surface area contributed by atoms with E-state index in [1.54, 1.807) is 12.1 Å². The van der Waals surface area contributed by atoms with E-state index in [0.717, 1.165) is 18.8 Å². The molecule has 0 atom stereocenters. The van der Waals surface area contributed by atoms with Gasteiger partial charge in [0.15, 0.2) is 11.6 Å². The molecule has 1 nitrogen and oxygen atoms in total. The van der Waals surface area contributed by atoms with Gasteiger partial charge < -0.3 is 4.74 Å². The molecule has 0 amide bonds. The molecule has 0 aromatic heterocycles. The molecule has 0 aliphatic heterocycles. The number of benzene rings is 1. The number of aryl methyl sites for hydroxylation is 1. The minimum absolute atomic E-state index is 0.0353. The van der Waals surface area contributed by atoms with E-state index in [4.69, 9.17) is 4.74 Å². The van der Waals surface area contributed by atoms with Gasteiger partial charge >= 0.3 is 0 Å². The SMILES string of the molecule is CCCOc1ccc(CCC2CCC(CCC)CC2)c(F)c1F.